The summed E-state index contributed by atoms with van der Waals surface area (Å²) in [5.41, 5.74) is 2.04. The van der Waals surface area contributed by atoms with Gasteiger partial charge in [-0.15, -0.1) is 11.3 Å². The van der Waals surface area contributed by atoms with E-state index in [4.69, 9.17) is 16.3 Å². The van der Waals surface area contributed by atoms with E-state index < -0.39 is 5.97 Å². The number of unbranched alkanes of at least 4 members (excludes halogenated alkanes) is 1. The first-order valence-corrected chi connectivity index (χ1v) is 10.4. The number of nitrogens with zero attached hydrogens (tertiary/aromatic N) is 1. The van der Waals surface area contributed by atoms with E-state index in [1.165, 1.54) is 11.3 Å². The average Bonchev–Trinajstić information content (AvgIpc) is 3.10. The molecule has 3 rings (SSSR count). The van der Waals surface area contributed by atoms with Crippen LogP contribution in [0.25, 0.3) is 21.8 Å². The molecule has 0 aliphatic rings. The van der Waals surface area contributed by atoms with Crippen LogP contribution in [-0.2, 0) is 16.0 Å². The number of aromatic nitrogens is 1. The summed E-state index contributed by atoms with van der Waals surface area (Å²) in [7, 11) is 0. The van der Waals surface area contributed by atoms with Gasteiger partial charge in [-0.25, -0.2) is 4.98 Å². The maximum absolute atomic E-state index is 12.1. The van der Waals surface area contributed by atoms with E-state index in [0.717, 1.165) is 18.4 Å². The maximum Gasteiger partial charge on any atom is 0.311 e. The molecule has 2 aromatic carbocycles. The van der Waals surface area contributed by atoms with Crippen LogP contribution in [0.3, 0.4) is 0 Å². The van der Waals surface area contributed by atoms with Crippen molar-refractivity contribution in [2.75, 3.05) is 0 Å². The Morgan fingerprint density at radius 2 is 1.86 bits per heavy atom. The summed E-state index contributed by atoms with van der Waals surface area (Å²) in [6, 6.07) is 14.3. The Hall–Kier alpha value is -2.70. The predicted octanol–water partition coefficient (Wildman–Crippen LogP) is 5.85. The summed E-state index contributed by atoms with van der Waals surface area (Å²) >= 11 is 7.25. The van der Waals surface area contributed by atoms with Crippen LogP contribution >= 0.6 is 22.9 Å². The van der Waals surface area contributed by atoms with Gasteiger partial charge < -0.3 is 9.84 Å². The molecule has 29 heavy (non-hydrogen) atoms. The largest absolute Gasteiger partial charge is 0.481 e. The number of benzene rings is 2. The highest BCUT2D eigenvalue weighted by Gasteiger charge is 2.19. The Labute approximate surface area is 177 Å². The van der Waals surface area contributed by atoms with Crippen LogP contribution in [0.5, 0.6) is 5.75 Å². The summed E-state index contributed by atoms with van der Waals surface area (Å²) in [5, 5.41) is 10.5. The lowest BCUT2D eigenvalue weighted by atomic mass is 10.1. The second kappa shape index (κ2) is 9.67. The van der Waals surface area contributed by atoms with Gasteiger partial charge in [0, 0.05) is 21.9 Å². The van der Waals surface area contributed by atoms with Gasteiger partial charge in [0.2, 0.25) is 0 Å². The van der Waals surface area contributed by atoms with Gasteiger partial charge in [0.1, 0.15) is 10.8 Å². The predicted molar refractivity (Wildman–Crippen MR) is 114 cm³/mol. The zero-order valence-electron chi connectivity index (χ0n) is 15.9. The van der Waals surface area contributed by atoms with Crippen LogP contribution in [0.15, 0.2) is 48.5 Å². The van der Waals surface area contributed by atoms with Crippen molar-refractivity contribution in [1.29, 1.82) is 0 Å². The fraction of sp³-hybridized carbons (Fsp3) is 0.227. The maximum atomic E-state index is 12.1. The van der Waals surface area contributed by atoms with Gasteiger partial charge in [0.05, 0.1) is 17.7 Å². The van der Waals surface area contributed by atoms with Crippen LogP contribution in [-0.4, -0.2) is 22.0 Å². The molecule has 5 nitrogen and oxygen atoms in total. The topological polar surface area (TPSA) is 76.5 Å². The standard InChI is InChI=1S/C22H20ClNO4S/c1-2-3-8-20(27)28-17-7-5-4-6-16(17)22-24-21(18(29-22)13-19(25)26)14-9-11-15(23)12-10-14/h4-7,9-12H,2-3,8,13H2,1H3,(H,25,26). The Balaban J connectivity index is 2.00. The minimum Gasteiger partial charge on any atom is -0.481 e. The molecule has 1 aromatic heterocycles. The van der Waals surface area contributed by atoms with Crippen LogP contribution in [0.4, 0.5) is 0 Å². The summed E-state index contributed by atoms with van der Waals surface area (Å²) in [6.45, 7) is 2.01. The highest BCUT2D eigenvalue weighted by atomic mass is 35.5. The van der Waals surface area contributed by atoms with Crippen molar-refractivity contribution >= 4 is 34.9 Å². The Bertz CT molecular complexity index is 1010. The molecule has 0 radical (unpaired) electrons. The molecule has 0 amide bonds. The zero-order chi connectivity index (χ0) is 20.8. The summed E-state index contributed by atoms with van der Waals surface area (Å²) in [4.78, 5) is 28.8. The highest BCUT2D eigenvalue weighted by molar-refractivity contribution is 7.15. The molecule has 0 atom stereocenters. The molecule has 0 bridgehead atoms. The third kappa shape index (κ3) is 5.43. The number of carboxylic acid groups (broad SMARTS) is 1. The number of carbonyl (C=O) groups is 2. The molecule has 0 saturated heterocycles. The van der Waals surface area contributed by atoms with E-state index in [0.29, 0.717) is 38.3 Å². The van der Waals surface area contributed by atoms with Crippen molar-refractivity contribution in [2.24, 2.45) is 0 Å². The van der Waals surface area contributed by atoms with E-state index in [-0.39, 0.29) is 12.4 Å². The first-order chi connectivity index (χ1) is 14.0. The molecule has 3 aromatic rings. The van der Waals surface area contributed by atoms with Crippen molar-refractivity contribution < 1.29 is 19.4 Å². The lowest BCUT2D eigenvalue weighted by Gasteiger charge is -2.08. The molecule has 0 saturated carbocycles. The molecule has 0 fully saturated rings. The van der Waals surface area contributed by atoms with Gasteiger partial charge in [0.15, 0.2) is 0 Å². The molecule has 7 heteroatoms. The third-order valence-electron chi connectivity index (χ3n) is 4.20. The number of esters is 1. The number of carbonyl (C=O) groups excluding carboxylic acids is 1. The minimum atomic E-state index is -0.935. The second-order valence-corrected chi connectivity index (χ2v) is 7.96. The lowest BCUT2D eigenvalue weighted by Crippen LogP contribution is -2.08. The number of thiazole rings is 1. The zero-order valence-corrected chi connectivity index (χ0v) is 17.4. The summed E-state index contributed by atoms with van der Waals surface area (Å²) < 4.78 is 5.55. The molecule has 1 N–H and O–H groups in total. The molecular formula is C22H20ClNO4S. The lowest BCUT2D eigenvalue weighted by molar-refractivity contribution is -0.136. The molecule has 1 heterocycles. The quantitative estimate of drug-likeness (QED) is 0.359. The van der Waals surface area contributed by atoms with E-state index in [2.05, 4.69) is 4.98 Å². The van der Waals surface area contributed by atoms with Crippen LogP contribution < -0.4 is 4.74 Å². The molecule has 0 aliphatic carbocycles. The van der Waals surface area contributed by atoms with E-state index in [9.17, 15) is 14.7 Å². The van der Waals surface area contributed by atoms with E-state index in [1.807, 2.05) is 31.2 Å². The number of para-hydroxylation sites is 1. The normalized spacial score (nSPS) is 10.7. The molecule has 0 unspecified atom stereocenters. The first-order valence-electron chi connectivity index (χ1n) is 9.25. The van der Waals surface area contributed by atoms with Gasteiger partial charge in [0.25, 0.3) is 0 Å². The molecule has 0 spiro atoms. The molecule has 150 valence electrons. The van der Waals surface area contributed by atoms with Crippen molar-refractivity contribution in [2.45, 2.75) is 32.6 Å². The van der Waals surface area contributed by atoms with Gasteiger partial charge >= 0.3 is 11.9 Å². The number of aliphatic carboxylic acids is 1. The van der Waals surface area contributed by atoms with Crippen molar-refractivity contribution in [3.05, 3.63) is 58.4 Å². The van der Waals surface area contributed by atoms with Gasteiger partial charge in [-0.05, 0) is 30.7 Å². The number of ether oxygens (including phenoxy) is 1. The summed E-state index contributed by atoms with van der Waals surface area (Å²) in [5.74, 6) is -0.805. The average molecular weight is 430 g/mol. The van der Waals surface area contributed by atoms with Crippen LogP contribution in [0, 0.1) is 0 Å². The monoisotopic (exact) mass is 429 g/mol. The molecular weight excluding hydrogens is 410 g/mol. The molecule has 0 aliphatic heterocycles. The number of hydrogen-bond acceptors (Lipinski definition) is 5. The number of halogens is 1. The van der Waals surface area contributed by atoms with E-state index >= 15 is 0 Å². The van der Waals surface area contributed by atoms with Crippen molar-refractivity contribution in [1.82, 2.24) is 4.98 Å². The minimum absolute atomic E-state index is 0.145. The van der Waals surface area contributed by atoms with E-state index in [1.54, 1.807) is 24.3 Å². The fourth-order valence-electron chi connectivity index (χ4n) is 2.78. The van der Waals surface area contributed by atoms with Gasteiger partial charge in [-0.2, -0.15) is 0 Å². The highest BCUT2D eigenvalue weighted by Crippen LogP contribution is 2.38. The smallest absolute Gasteiger partial charge is 0.311 e. The summed E-state index contributed by atoms with van der Waals surface area (Å²) in [6.07, 6.45) is 1.88. The Kier molecular flexibility index (Phi) is 7.01. The fourth-order valence-corrected chi connectivity index (χ4v) is 4.02. The number of hydrogen-bond donors (Lipinski definition) is 1. The third-order valence-corrected chi connectivity index (χ3v) is 5.54. The Morgan fingerprint density at radius 1 is 1.14 bits per heavy atom. The SMILES string of the molecule is CCCCC(=O)Oc1ccccc1-c1nc(-c2ccc(Cl)cc2)c(CC(=O)O)s1. The second-order valence-electron chi connectivity index (χ2n) is 6.44. The van der Waals surface area contributed by atoms with Gasteiger partial charge in [-0.3, -0.25) is 9.59 Å². The van der Waals surface area contributed by atoms with Crippen LogP contribution in [0.2, 0.25) is 5.02 Å². The first kappa shape index (κ1) is 21.0. The van der Waals surface area contributed by atoms with Crippen molar-refractivity contribution in [3.8, 4) is 27.6 Å². The van der Waals surface area contributed by atoms with Crippen molar-refractivity contribution in [3.63, 3.8) is 0 Å². The Morgan fingerprint density at radius 3 is 2.55 bits per heavy atom. The van der Waals surface area contributed by atoms with Gasteiger partial charge in [-0.1, -0.05) is 49.2 Å². The van der Waals surface area contributed by atoms with Crippen LogP contribution in [0.1, 0.15) is 31.1 Å². The number of carboxylic acids is 1. The number of rotatable bonds is 8.